The van der Waals surface area contributed by atoms with Crippen LogP contribution in [0.2, 0.25) is 0 Å². The van der Waals surface area contributed by atoms with Gasteiger partial charge in [-0.1, -0.05) is 31.7 Å². The second-order valence-corrected chi connectivity index (χ2v) is 9.43. The second-order valence-electron chi connectivity index (χ2n) is 9.43. The van der Waals surface area contributed by atoms with E-state index in [0.717, 1.165) is 49.4 Å². The summed E-state index contributed by atoms with van der Waals surface area (Å²) < 4.78 is 33.9. The second kappa shape index (κ2) is 9.37. The summed E-state index contributed by atoms with van der Waals surface area (Å²) in [4.78, 5) is 12.5. The fraction of sp³-hybridized carbons (Fsp3) is 0.444. The predicted octanol–water partition coefficient (Wildman–Crippen LogP) is 5.38. The van der Waals surface area contributed by atoms with Crippen LogP contribution in [-0.2, 0) is 6.42 Å². The fourth-order valence-corrected chi connectivity index (χ4v) is 5.36. The summed E-state index contributed by atoms with van der Waals surface area (Å²) in [5, 5.41) is 1.18. The number of aromatic nitrogens is 2. The van der Waals surface area contributed by atoms with Gasteiger partial charge < -0.3 is 14.6 Å². The molecule has 1 fully saturated rings. The zero-order chi connectivity index (χ0) is 23.8. The third-order valence-corrected chi connectivity index (χ3v) is 7.08. The maximum absolute atomic E-state index is 15.6. The number of rotatable bonds is 8. The monoisotopic (exact) mass is 466 g/mol. The quantitative estimate of drug-likeness (QED) is 0.484. The van der Waals surface area contributed by atoms with Gasteiger partial charge in [-0.3, -0.25) is 14.3 Å². The third kappa shape index (κ3) is 4.06. The smallest absolute Gasteiger partial charge is 0.150 e. The van der Waals surface area contributed by atoms with E-state index in [1.54, 1.807) is 6.20 Å². The number of fused-ring (bicyclic) bond motifs is 3. The lowest BCUT2D eigenvalue weighted by molar-refractivity contribution is 0.0180. The van der Waals surface area contributed by atoms with Gasteiger partial charge in [-0.2, -0.15) is 0 Å². The Morgan fingerprint density at radius 2 is 2.09 bits per heavy atom. The average Bonchev–Trinajstić information content (AvgIpc) is 3.17. The summed E-state index contributed by atoms with van der Waals surface area (Å²) in [6, 6.07) is 9.45. The molecule has 1 aromatic carbocycles. The Kier molecular flexibility index (Phi) is 6.30. The number of halogens is 2. The molecule has 0 amide bonds. The minimum Gasteiger partial charge on any atom is -0.486 e. The number of benzene rings is 1. The van der Waals surface area contributed by atoms with Gasteiger partial charge >= 0.3 is 0 Å². The third-order valence-electron chi connectivity index (χ3n) is 7.08. The Hall–Kier alpha value is -2.93. The van der Waals surface area contributed by atoms with Gasteiger partial charge in [0.1, 0.15) is 23.6 Å². The first kappa shape index (κ1) is 22.8. The number of alkyl halides is 1. The van der Waals surface area contributed by atoms with Crippen molar-refractivity contribution in [2.45, 2.75) is 51.3 Å². The number of ether oxygens (including phenoxy) is 1. The van der Waals surface area contributed by atoms with Crippen LogP contribution in [0.3, 0.4) is 0 Å². The molecule has 2 aliphatic rings. The molecule has 2 atom stereocenters. The number of nitrogens with zero attached hydrogens (tertiary/aromatic N) is 3. The van der Waals surface area contributed by atoms with Crippen LogP contribution in [0.4, 0.5) is 8.78 Å². The molecule has 0 unspecified atom stereocenters. The lowest BCUT2D eigenvalue weighted by Gasteiger charge is -2.43. The average molecular weight is 467 g/mol. The highest BCUT2D eigenvalue weighted by molar-refractivity contribution is 5.85. The summed E-state index contributed by atoms with van der Waals surface area (Å²) in [7, 11) is 0. The van der Waals surface area contributed by atoms with Crippen molar-refractivity contribution in [3.05, 3.63) is 71.6 Å². The predicted molar refractivity (Wildman–Crippen MR) is 130 cm³/mol. The maximum atomic E-state index is 15.6. The molecule has 1 N–H and O–H groups in total. The number of pyridine rings is 1. The van der Waals surface area contributed by atoms with E-state index in [0.29, 0.717) is 17.9 Å². The van der Waals surface area contributed by atoms with Crippen molar-refractivity contribution >= 4 is 10.9 Å². The van der Waals surface area contributed by atoms with E-state index in [1.165, 1.54) is 17.0 Å². The number of hydrogen-bond donors (Lipinski definition) is 1. The van der Waals surface area contributed by atoms with Crippen molar-refractivity contribution in [1.29, 1.82) is 0 Å². The van der Waals surface area contributed by atoms with Gasteiger partial charge in [0.25, 0.3) is 0 Å². The molecule has 34 heavy (non-hydrogen) atoms. The normalized spacial score (nSPS) is 20.9. The van der Waals surface area contributed by atoms with E-state index in [1.807, 2.05) is 12.1 Å². The number of para-hydroxylation sites is 1. The summed E-state index contributed by atoms with van der Waals surface area (Å²) >= 11 is 0. The Balaban J connectivity index is 1.45. The number of allylic oxidation sites excluding steroid dienone is 1. The minimum atomic E-state index is -0.385. The number of aromatic amines is 1. The first-order chi connectivity index (χ1) is 16.5. The molecule has 4 heterocycles. The summed E-state index contributed by atoms with van der Waals surface area (Å²) in [5.41, 5.74) is 4.59. The van der Waals surface area contributed by atoms with E-state index in [4.69, 9.17) is 4.74 Å². The first-order valence-corrected chi connectivity index (χ1v) is 12.2. The minimum absolute atomic E-state index is 0.0157. The van der Waals surface area contributed by atoms with Crippen molar-refractivity contribution < 1.29 is 13.5 Å². The van der Waals surface area contributed by atoms with E-state index >= 15 is 4.39 Å². The summed E-state index contributed by atoms with van der Waals surface area (Å²) in [5.74, 6) is 0.0432. The van der Waals surface area contributed by atoms with Crippen molar-refractivity contribution in [1.82, 2.24) is 19.8 Å². The van der Waals surface area contributed by atoms with Crippen molar-refractivity contribution in [3.8, 4) is 5.75 Å². The highest BCUT2D eigenvalue weighted by atomic mass is 19.1. The number of hydrogen-bond acceptors (Lipinski definition) is 4. The molecule has 0 radical (unpaired) electrons. The van der Waals surface area contributed by atoms with Gasteiger partial charge in [0.2, 0.25) is 0 Å². The molecular weight excluding hydrogens is 434 g/mol. The molecule has 1 saturated heterocycles. The van der Waals surface area contributed by atoms with Gasteiger partial charge in [0, 0.05) is 54.0 Å². The number of nitrogens with one attached hydrogen (secondary N) is 1. The highest BCUT2D eigenvalue weighted by Crippen LogP contribution is 2.43. The van der Waals surface area contributed by atoms with Crippen LogP contribution < -0.4 is 4.74 Å². The van der Waals surface area contributed by atoms with Gasteiger partial charge in [-0.05, 0) is 37.8 Å². The lowest BCUT2D eigenvalue weighted by atomic mass is 9.89. The fourth-order valence-electron chi connectivity index (χ4n) is 5.36. The van der Waals surface area contributed by atoms with Crippen LogP contribution in [0.25, 0.3) is 10.9 Å². The summed E-state index contributed by atoms with van der Waals surface area (Å²) in [6.45, 7) is 10.4. The molecule has 5 nitrogen and oxygen atoms in total. The Morgan fingerprint density at radius 3 is 2.82 bits per heavy atom. The molecule has 5 rings (SSSR count). The molecule has 0 bridgehead atoms. The van der Waals surface area contributed by atoms with Crippen molar-refractivity contribution in [2.24, 2.45) is 0 Å². The molecule has 180 valence electrons. The highest BCUT2D eigenvalue weighted by Gasteiger charge is 2.38. The zero-order valence-corrected chi connectivity index (χ0v) is 19.9. The van der Waals surface area contributed by atoms with E-state index in [2.05, 4.69) is 52.3 Å². The van der Waals surface area contributed by atoms with Gasteiger partial charge in [0.15, 0.2) is 5.82 Å². The van der Waals surface area contributed by atoms with E-state index in [9.17, 15) is 4.39 Å². The first-order valence-electron chi connectivity index (χ1n) is 12.2. The maximum Gasteiger partial charge on any atom is 0.150 e. The molecule has 0 saturated carbocycles. The van der Waals surface area contributed by atoms with E-state index < -0.39 is 0 Å². The zero-order valence-electron chi connectivity index (χ0n) is 19.9. The molecular formula is C27H32F2N4O. The van der Waals surface area contributed by atoms with Crippen LogP contribution in [0.1, 0.15) is 49.7 Å². The van der Waals surface area contributed by atoms with Crippen molar-refractivity contribution in [3.63, 3.8) is 0 Å². The molecule has 2 aromatic heterocycles. The Morgan fingerprint density at radius 1 is 1.29 bits per heavy atom. The molecule has 2 aliphatic heterocycles. The SMILES string of the molecule is C=C(CC)N1[C@H](c2ncc(OC3CN(CCCF)C3)cc2F)c2[nH]c3ccccc3c2C[C@H]1C. The molecule has 0 spiro atoms. The lowest BCUT2D eigenvalue weighted by Crippen LogP contribution is -2.53. The number of likely N-dealkylation sites (tertiary alicyclic amines) is 1. The van der Waals surface area contributed by atoms with Crippen LogP contribution in [0.15, 0.2) is 48.8 Å². The molecule has 3 aromatic rings. The largest absolute Gasteiger partial charge is 0.486 e. The van der Waals surface area contributed by atoms with Gasteiger partial charge in [-0.15, -0.1) is 0 Å². The Labute approximate surface area is 199 Å². The van der Waals surface area contributed by atoms with E-state index in [-0.39, 0.29) is 30.7 Å². The topological polar surface area (TPSA) is 44.4 Å². The van der Waals surface area contributed by atoms with Crippen LogP contribution in [0, 0.1) is 5.82 Å². The molecule has 7 heteroatoms. The standard InChI is InChI=1S/C27H32F2N4O/c1-4-17(2)33-18(3)12-22-21-8-5-6-9-24(21)31-25(22)27(33)26-23(29)13-19(14-30-26)34-20-15-32(16-20)11-7-10-28/h5-6,8-9,13-14,18,20,27,31H,2,4,7,10-12,15-16H2,1,3H3/t18-,27+/m1/s1. The van der Waals surface area contributed by atoms with Gasteiger partial charge in [0.05, 0.1) is 12.9 Å². The Bertz CT molecular complexity index is 1190. The van der Waals surface area contributed by atoms with Crippen molar-refractivity contribution in [2.75, 3.05) is 26.3 Å². The molecule has 0 aliphatic carbocycles. The van der Waals surface area contributed by atoms with Gasteiger partial charge in [-0.25, -0.2) is 4.39 Å². The van der Waals surface area contributed by atoms with Crippen LogP contribution in [0.5, 0.6) is 5.75 Å². The van der Waals surface area contributed by atoms with Crippen LogP contribution in [-0.4, -0.2) is 58.2 Å². The van der Waals surface area contributed by atoms with Crippen LogP contribution >= 0.6 is 0 Å². The summed E-state index contributed by atoms with van der Waals surface area (Å²) in [6.07, 6.45) is 3.78. The number of H-pyrrole nitrogens is 1.